The van der Waals surface area contributed by atoms with E-state index in [2.05, 4.69) is 34.3 Å². The molecule has 0 radical (unpaired) electrons. The van der Waals surface area contributed by atoms with Crippen molar-refractivity contribution in [3.8, 4) is 22.9 Å². The number of aryl methyl sites for hydroxylation is 2. The molecule has 2 saturated heterocycles. The summed E-state index contributed by atoms with van der Waals surface area (Å²) in [6.07, 6.45) is 0.376. The molecular formula is C52H58ClFK2LiN4O15S2+. The number of hydrogen-bond acceptors (Lipinski definition) is 19. The molecule has 1 atom stereocenters. The largest absolute Gasteiger partial charge is 1.00 e. The van der Waals surface area contributed by atoms with Gasteiger partial charge in [0.1, 0.15) is 17.3 Å². The summed E-state index contributed by atoms with van der Waals surface area (Å²) in [5.74, 6) is 1.21. The third-order valence-corrected chi connectivity index (χ3v) is 14.1. The van der Waals surface area contributed by atoms with Gasteiger partial charge in [-0.3, -0.25) is 18.8 Å². The Kier molecular flexibility index (Phi) is 34.5. The van der Waals surface area contributed by atoms with Crippen molar-refractivity contribution in [1.82, 2.24) is 19.8 Å². The van der Waals surface area contributed by atoms with Crippen LogP contribution in [0.25, 0.3) is 22.9 Å². The summed E-state index contributed by atoms with van der Waals surface area (Å²) >= 11 is 3.61. The van der Waals surface area contributed by atoms with E-state index in [1.807, 2.05) is 31.2 Å². The molecule has 0 bridgehead atoms. The van der Waals surface area contributed by atoms with Crippen LogP contribution in [0.15, 0.2) is 116 Å². The molecule has 0 saturated carbocycles. The molecule has 2 aliphatic heterocycles. The van der Waals surface area contributed by atoms with Crippen LogP contribution in [0.1, 0.15) is 56.1 Å². The van der Waals surface area contributed by atoms with Gasteiger partial charge in [0.15, 0.2) is 11.2 Å². The molecule has 8 rings (SSSR count). The van der Waals surface area contributed by atoms with Crippen molar-refractivity contribution in [2.24, 2.45) is 0 Å². The number of rotatable bonds is 17. The fourth-order valence-electron chi connectivity index (χ4n) is 7.25. The standard InChI is InChI=1S/C25H28N2O6S.C13H12ClNO3.C12H17NO3S.C2H2FO3.2K.Li/c1-18-23(26-24(33-18)20-5-7-21(8-6-20)25(28)31-2)17-34(29,30)22-9-3-19(4-10-22)11-12-27-13-15-32-16-14-27;1-8-11(7-14)15-12(18-8)9-3-5-10(6-4-9)13(16)17-2;14-17(15)12-3-1-11(2-4-12)5-6-13-7-9-16-10-8-13;3-1-5-6-2-4;;;/h3-10H,11-17H2,1-2H3;3-6H,7H2,1-2H3;1-4H,5-10H2,(H,14,15);1-2H;;;/q;;;-1;3*+1/p-1/i;;;2D;;;. The van der Waals surface area contributed by atoms with Gasteiger partial charge in [-0.15, -0.1) is 11.6 Å². The van der Waals surface area contributed by atoms with Gasteiger partial charge in [0.2, 0.25) is 11.8 Å². The molecule has 19 nitrogen and oxygen atoms in total. The zero-order valence-corrected chi connectivity index (χ0v) is 53.3. The maximum absolute atomic E-state index is 13.0. The van der Waals surface area contributed by atoms with Gasteiger partial charge in [-0.1, -0.05) is 24.3 Å². The van der Waals surface area contributed by atoms with Crippen molar-refractivity contribution in [2.75, 3.05) is 79.9 Å². The Morgan fingerprint density at radius 1 is 0.744 bits per heavy atom. The Hall–Kier alpha value is -2.34. The van der Waals surface area contributed by atoms with Crippen LogP contribution < -0.4 is 122 Å². The van der Waals surface area contributed by atoms with Gasteiger partial charge in [-0.2, -0.15) is 0 Å². The average Bonchev–Trinajstić information content (AvgIpc) is 4.04. The van der Waals surface area contributed by atoms with Crippen LogP contribution in [-0.2, 0) is 78.9 Å². The molecule has 2 aliphatic rings. The number of halogens is 2. The minimum absolute atomic E-state index is 0. The van der Waals surface area contributed by atoms with Crippen molar-refractivity contribution in [1.29, 1.82) is 0 Å². The van der Waals surface area contributed by atoms with Gasteiger partial charge in [0, 0.05) is 55.3 Å². The van der Waals surface area contributed by atoms with Crippen molar-refractivity contribution in [3.05, 3.63) is 149 Å². The normalized spacial score (nSPS) is 13.8. The number of methoxy groups -OCH3 is 2. The summed E-state index contributed by atoms with van der Waals surface area (Å²) in [6, 6.07) is 27.6. The van der Waals surface area contributed by atoms with E-state index < -0.39 is 33.3 Å². The first kappa shape index (κ1) is 69.9. The monoisotopic (exact) mass is 1180 g/mol. The van der Waals surface area contributed by atoms with Crippen LogP contribution in [0.5, 0.6) is 0 Å². The number of benzene rings is 4. The first-order chi connectivity index (χ1) is 36.5. The maximum Gasteiger partial charge on any atom is 1.00 e. The predicted molar refractivity (Wildman–Crippen MR) is 272 cm³/mol. The number of oxazole rings is 2. The number of carbonyl (C=O) groups is 3. The van der Waals surface area contributed by atoms with Crippen molar-refractivity contribution >= 4 is 50.9 Å². The van der Waals surface area contributed by atoms with Gasteiger partial charge in [0.05, 0.1) is 73.9 Å². The van der Waals surface area contributed by atoms with Gasteiger partial charge in [-0.25, -0.2) is 28.0 Å². The Labute approximate surface area is 559 Å². The minimum atomic E-state index is -3.59. The van der Waals surface area contributed by atoms with E-state index in [1.165, 1.54) is 19.8 Å². The smallest absolute Gasteiger partial charge is 0.768 e. The molecule has 0 aliphatic carbocycles. The van der Waals surface area contributed by atoms with Crippen LogP contribution in [0.2, 0.25) is 0 Å². The zero-order valence-electron chi connectivity index (χ0n) is 45.7. The molecule has 0 amide bonds. The summed E-state index contributed by atoms with van der Waals surface area (Å²) in [6.45, 7) is 12.1. The summed E-state index contributed by atoms with van der Waals surface area (Å²) in [7, 11) is -0.922. The van der Waals surface area contributed by atoms with Crippen molar-refractivity contribution in [3.63, 3.8) is 0 Å². The van der Waals surface area contributed by atoms with Crippen LogP contribution in [0, 0.1) is 20.7 Å². The van der Waals surface area contributed by atoms with E-state index in [0.717, 1.165) is 95.4 Å². The van der Waals surface area contributed by atoms with Gasteiger partial charge in [-0.05, 0) is 129 Å². The second-order valence-corrected chi connectivity index (χ2v) is 19.6. The number of sulfone groups is 1. The molecular weight excluding hydrogens is 1120 g/mol. The Morgan fingerprint density at radius 2 is 1.15 bits per heavy atom. The molecule has 26 heteroatoms. The molecule has 1 unspecified atom stereocenters. The fraction of sp³-hybridized carbons (Fsp3) is 0.346. The number of ether oxygens (including phenoxy) is 4. The summed E-state index contributed by atoms with van der Waals surface area (Å²) < 4.78 is 95.2. The number of nitrogens with zero attached hydrogens (tertiary/aromatic N) is 4. The second kappa shape index (κ2) is 38.4. The molecule has 4 aromatic carbocycles. The van der Waals surface area contributed by atoms with E-state index in [-0.39, 0.29) is 145 Å². The minimum Gasteiger partial charge on any atom is -0.768 e. The molecule has 404 valence electrons. The van der Waals surface area contributed by atoms with E-state index in [1.54, 1.807) is 79.7 Å². The quantitative estimate of drug-likeness (QED) is 0.0147. The molecule has 0 N–H and O–H groups in total. The summed E-state index contributed by atoms with van der Waals surface area (Å²) in [5, 5.41) is 0. The van der Waals surface area contributed by atoms with Gasteiger partial charge in [0.25, 0.3) is 0 Å². The Balaban J connectivity index is 0.000000402. The number of morpholine rings is 2. The van der Waals surface area contributed by atoms with E-state index in [4.69, 9.17) is 36.0 Å². The van der Waals surface area contributed by atoms with Crippen molar-refractivity contribution in [2.45, 2.75) is 48.1 Å². The number of hydrogen-bond donors (Lipinski definition) is 0. The fourth-order valence-corrected chi connectivity index (χ4v) is 9.20. The van der Waals surface area contributed by atoms with Crippen LogP contribution in [0.4, 0.5) is 4.39 Å². The van der Waals surface area contributed by atoms with Crippen LogP contribution in [0.3, 0.4) is 0 Å². The number of esters is 2. The molecule has 2 aromatic heterocycles. The second-order valence-electron chi connectivity index (χ2n) is 16.4. The molecule has 78 heavy (non-hydrogen) atoms. The van der Waals surface area contributed by atoms with E-state index in [9.17, 15) is 36.0 Å². The predicted octanol–water partition coefficient (Wildman–Crippen LogP) is -1.55. The number of alkyl halides is 1. The Morgan fingerprint density at radius 3 is 1.51 bits per heavy atom. The topological polar surface area (TPSA) is 239 Å². The molecule has 0 spiro atoms. The number of carbonyl (C=O) groups excluding carboxylic acids is 3. The Bertz CT molecular complexity index is 2920. The SMILES string of the molecule is COC(=O)c1ccc(-c2nc(CCl)c(C)o2)cc1.COC(=O)c1ccc(-c2nc(CS(=O)(=O)c3ccc(CCN4CCOCC4)cc3)c(C)o2)cc1.O=S([O-])c1ccc(CCN2CCOCC2)cc1.[2H]C(=O)OO[CH-]F.[K+].[K+].[Li+]. The molecule has 2 fully saturated rings. The van der Waals surface area contributed by atoms with E-state index >= 15 is 0 Å². The first-order valence-electron chi connectivity index (χ1n) is 23.8. The third kappa shape index (κ3) is 23.9. The molecule has 6 aromatic rings. The number of aromatic nitrogens is 2. The third-order valence-electron chi connectivity index (χ3n) is 11.5. The van der Waals surface area contributed by atoms with Crippen LogP contribution >= 0.6 is 11.6 Å². The van der Waals surface area contributed by atoms with E-state index in [0.29, 0.717) is 56.5 Å². The molecule has 4 heterocycles. The van der Waals surface area contributed by atoms with Crippen molar-refractivity contribution < 1.29 is 197 Å². The maximum atomic E-state index is 13.0. The summed E-state index contributed by atoms with van der Waals surface area (Å²) in [5.41, 5.74) is 5.69. The van der Waals surface area contributed by atoms with Gasteiger partial charge >= 0.3 is 140 Å². The van der Waals surface area contributed by atoms with Crippen LogP contribution in [-0.4, -0.2) is 135 Å². The van der Waals surface area contributed by atoms with Gasteiger partial charge < -0.3 is 46.5 Å². The average molecular weight is 1180 g/mol. The first-order valence-corrected chi connectivity index (χ1v) is 26.5. The zero-order chi connectivity index (χ0) is 55.0. The summed E-state index contributed by atoms with van der Waals surface area (Å²) in [4.78, 5) is 52.8.